The Balaban J connectivity index is 1.23. The molecule has 1 amide bonds. The summed E-state index contributed by atoms with van der Waals surface area (Å²) in [6.45, 7) is 7.77. The number of hydrogen-bond donors (Lipinski definition) is 0. The highest BCUT2D eigenvalue weighted by atomic mass is 16.2. The van der Waals surface area contributed by atoms with E-state index in [1.54, 1.807) is 0 Å². The van der Waals surface area contributed by atoms with E-state index in [2.05, 4.69) is 43.9 Å². The molecule has 2 bridgehead atoms. The monoisotopic (exact) mass is 370 g/mol. The predicted molar refractivity (Wildman–Crippen MR) is 110 cm³/mol. The van der Waals surface area contributed by atoms with Gasteiger partial charge in [0.2, 0.25) is 5.91 Å². The largest absolute Gasteiger partial charge is 0.378 e. The van der Waals surface area contributed by atoms with Crippen LogP contribution in [0.5, 0.6) is 0 Å². The fraction of sp³-hybridized carbons (Fsp3) is 0.682. The van der Waals surface area contributed by atoms with Crippen LogP contribution < -0.4 is 4.90 Å². The van der Waals surface area contributed by atoms with Gasteiger partial charge in [0.25, 0.3) is 0 Å². The van der Waals surface area contributed by atoms with Crippen LogP contribution in [0.4, 0.5) is 5.69 Å². The second-order valence-electron chi connectivity index (χ2n) is 8.68. The number of piperazine rings is 1. The summed E-state index contributed by atoms with van der Waals surface area (Å²) in [5.41, 5.74) is 2.45. The van der Waals surface area contributed by atoms with Crippen molar-refractivity contribution in [3.8, 4) is 0 Å². The first-order valence-corrected chi connectivity index (χ1v) is 10.6. The minimum absolute atomic E-state index is 0.320. The molecule has 5 rings (SSSR count). The van der Waals surface area contributed by atoms with Crippen molar-refractivity contribution < 1.29 is 4.79 Å². The average molecular weight is 371 g/mol. The SMILES string of the molecule is CN(C)c1ccc(CCC(=O)N2CCN([C@@H]3CN4CCC3CC4)CC2)cc1. The Labute approximate surface area is 163 Å². The third-order valence-electron chi connectivity index (χ3n) is 6.84. The Hall–Kier alpha value is -1.59. The lowest BCUT2D eigenvalue weighted by Gasteiger charge is -2.51. The number of piperidine rings is 3. The van der Waals surface area contributed by atoms with E-state index in [9.17, 15) is 4.79 Å². The number of amides is 1. The summed E-state index contributed by atoms with van der Waals surface area (Å²) in [5, 5.41) is 0. The van der Waals surface area contributed by atoms with E-state index >= 15 is 0 Å². The van der Waals surface area contributed by atoms with Crippen LogP contribution in [0.15, 0.2) is 24.3 Å². The summed E-state index contributed by atoms with van der Waals surface area (Å²) in [6.07, 6.45) is 4.21. The molecular weight excluding hydrogens is 336 g/mol. The molecular formula is C22H34N4O. The first kappa shape index (κ1) is 18.8. The summed E-state index contributed by atoms with van der Waals surface area (Å²) < 4.78 is 0. The number of rotatable bonds is 5. The lowest BCUT2D eigenvalue weighted by molar-refractivity contribution is -0.134. The van der Waals surface area contributed by atoms with Crippen LogP contribution in [-0.2, 0) is 11.2 Å². The number of nitrogens with zero attached hydrogens (tertiary/aromatic N) is 4. The predicted octanol–water partition coefficient (Wildman–Crippen LogP) is 1.92. The summed E-state index contributed by atoms with van der Waals surface area (Å²) in [6, 6.07) is 9.29. The van der Waals surface area contributed by atoms with Gasteiger partial charge in [-0.1, -0.05) is 12.1 Å². The molecule has 0 aliphatic carbocycles. The van der Waals surface area contributed by atoms with E-state index in [4.69, 9.17) is 0 Å². The maximum atomic E-state index is 12.6. The van der Waals surface area contributed by atoms with Crippen molar-refractivity contribution in [3.63, 3.8) is 0 Å². The molecule has 0 saturated carbocycles. The topological polar surface area (TPSA) is 30.0 Å². The van der Waals surface area contributed by atoms with Gasteiger partial charge >= 0.3 is 0 Å². The van der Waals surface area contributed by atoms with Crippen LogP contribution in [0, 0.1) is 5.92 Å². The molecule has 0 spiro atoms. The maximum absolute atomic E-state index is 12.6. The second kappa shape index (κ2) is 8.19. The Bertz CT molecular complexity index is 628. The zero-order chi connectivity index (χ0) is 18.8. The van der Waals surface area contributed by atoms with Gasteiger partial charge in [-0.3, -0.25) is 9.69 Å². The molecule has 0 aromatic heterocycles. The fourth-order valence-corrected chi connectivity index (χ4v) is 5.02. The summed E-state index contributed by atoms with van der Waals surface area (Å²) >= 11 is 0. The van der Waals surface area contributed by atoms with Crippen molar-refractivity contribution in [2.24, 2.45) is 5.92 Å². The van der Waals surface area contributed by atoms with Gasteiger partial charge < -0.3 is 14.7 Å². The zero-order valence-corrected chi connectivity index (χ0v) is 16.9. The Kier molecular flexibility index (Phi) is 5.69. The minimum atomic E-state index is 0.320. The van der Waals surface area contributed by atoms with Gasteiger partial charge in [-0.25, -0.2) is 0 Å². The van der Waals surface area contributed by atoms with E-state index < -0.39 is 0 Å². The van der Waals surface area contributed by atoms with Crippen LogP contribution in [0.25, 0.3) is 0 Å². The van der Waals surface area contributed by atoms with E-state index in [-0.39, 0.29) is 0 Å². The molecule has 1 aromatic carbocycles. The molecule has 5 nitrogen and oxygen atoms in total. The molecule has 0 N–H and O–H groups in total. The third kappa shape index (κ3) is 4.30. The zero-order valence-electron chi connectivity index (χ0n) is 16.9. The molecule has 0 radical (unpaired) electrons. The molecule has 4 fully saturated rings. The fourth-order valence-electron chi connectivity index (χ4n) is 5.02. The quantitative estimate of drug-likeness (QED) is 0.792. The minimum Gasteiger partial charge on any atom is -0.378 e. The Morgan fingerprint density at radius 1 is 1.00 bits per heavy atom. The molecule has 0 unspecified atom stereocenters. The first-order valence-electron chi connectivity index (χ1n) is 10.6. The number of anilines is 1. The molecule has 148 valence electrons. The van der Waals surface area contributed by atoms with Gasteiger partial charge in [0.15, 0.2) is 0 Å². The molecule has 4 saturated heterocycles. The summed E-state index contributed by atoms with van der Waals surface area (Å²) in [5.74, 6) is 1.21. The molecule has 4 aliphatic heterocycles. The van der Waals surface area contributed by atoms with Crippen LogP contribution in [0.1, 0.15) is 24.8 Å². The normalized spacial score (nSPS) is 28.4. The van der Waals surface area contributed by atoms with E-state index in [0.717, 1.165) is 44.6 Å². The van der Waals surface area contributed by atoms with E-state index in [1.165, 1.54) is 43.7 Å². The van der Waals surface area contributed by atoms with Crippen molar-refractivity contribution in [1.29, 1.82) is 0 Å². The van der Waals surface area contributed by atoms with Gasteiger partial charge in [0, 0.05) is 65.0 Å². The van der Waals surface area contributed by atoms with Crippen LogP contribution in [0.2, 0.25) is 0 Å². The van der Waals surface area contributed by atoms with Crippen LogP contribution in [-0.4, -0.2) is 86.6 Å². The lowest BCUT2D eigenvalue weighted by atomic mass is 9.83. The second-order valence-corrected chi connectivity index (χ2v) is 8.68. The van der Waals surface area contributed by atoms with Gasteiger partial charge in [-0.2, -0.15) is 0 Å². The molecule has 4 heterocycles. The Morgan fingerprint density at radius 2 is 1.67 bits per heavy atom. The van der Waals surface area contributed by atoms with Crippen molar-refractivity contribution in [2.75, 3.05) is 64.8 Å². The van der Waals surface area contributed by atoms with Gasteiger partial charge in [0.05, 0.1) is 0 Å². The number of carbonyl (C=O) groups is 1. The number of fused-ring (bicyclic) bond motifs is 3. The van der Waals surface area contributed by atoms with Crippen LogP contribution >= 0.6 is 0 Å². The van der Waals surface area contributed by atoms with E-state index in [0.29, 0.717) is 12.3 Å². The van der Waals surface area contributed by atoms with Gasteiger partial charge in [-0.05, 0) is 56.0 Å². The first-order chi connectivity index (χ1) is 13.1. The number of hydrogen-bond acceptors (Lipinski definition) is 4. The van der Waals surface area contributed by atoms with Gasteiger partial charge in [-0.15, -0.1) is 0 Å². The highest BCUT2D eigenvalue weighted by molar-refractivity contribution is 5.76. The number of carbonyl (C=O) groups excluding carboxylic acids is 1. The van der Waals surface area contributed by atoms with Crippen molar-refractivity contribution >= 4 is 11.6 Å². The maximum Gasteiger partial charge on any atom is 0.222 e. The smallest absolute Gasteiger partial charge is 0.222 e. The summed E-state index contributed by atoms with van der Waals surface area (Å²) in [7, 11) is 4.10. The summed E-state index contributed by atoms with van der Waals surface area (Å²) in [4.78, 5) is 22.1. The molecule has 1 aromatic rings. The lowest BCUT2D eigenvalue weighted by Crippen LogP contribution is -2.61. The van der Waals surface area contributed by atoms with Crippen LogP contribution in [0.3, 0.4) is 0 Å². The number of benzene rings is 1. The third-order valence-corrected chi connectivity index (χ3v) is 6.84. The highest BCUT2D eigenvalue weighted by Gasteiger charge is 2.38. The number of aryl methyl sites for hydroxylation is 1. The van der Waals surface area contributed by atoms with Crippen molar-refractivity contribution in [3.05, 3.63) is 29.8 Å². The average Bonchev–Trinajstić information content (AvgIpc) is 2.73. The highest BCUT2D eigenvalue weighted by Crippen LogP contribution is 2.31. The molecule has 4 aliphatic rings. The standard InChI is InChI=1S/C22H34N4O/c1-23(2)20-6-3-18(4-7-20)5-8-22(27)26-15-13-25(14-16-26)21-17-24-11-9-19(21)10-12-24/h3-4,6-7,19,21H,5,8-17H2,1-2H3/t21-/m1/s1. The Morgan fingerprint density at radius 3 is 2.22 bits per heavy atom. The van der Waals surface area contributed by atoms with E-state index in [1.807, 2.05) is 14.1 Å². The van der Waals surface area contributed by atoms with Gasteiger partial charge in [0.1, 0.15) is 0 Å². The van der Waals surface area contributed by atoms with Crippen molar-refractivity contribution in [1.82, 2.24) is 14.7 Å². The molecule has 1 atom stereocenters. The molecule has 27 heavy (non-hydrogen) atoms. The molecule has 5 heteroatoms. The van der Waals surface area contributed by atoms with Crippen molar-refractivity contribution in [2.45, 2.75) is 31.7 Å².